The number of sulfonamides is 1. The minimum Gasteiger partial charge on any atom is -0.459 e. The summed E-state index contributed by atoms with van der Waals surface area (Å²) >= 11 is 1.54. The van der Waals surface area contributed by atoms with E-state index in [1.165, 1.54) is 15.6 Å². The van der Waals surface area contributed by atoms with E-state index in [1.54, 1.807) is 18.2 Å². The summed E-state index contributed by atoms with van der Waals surface area (Å²) in [6.45, 7) is 11.3. The van der Waals surface area contributed by atoms with E-state index in [-0.39, 0.29) is 48.9 Å². The third kappa shape index (κ3) is 9.97. The van der Waals surface area contributed by atoms with Crippen LogP contribution in [0.2, 0.25) is 0 Å². The Morgan fingerprint density at radius 3 is 2.52 bits per heavy atom. The molecule has 0 aliphatic carbocycles. The number of hydrogen-bond acceptors (Lipinski definition) is 11. The maximum absolute atomic E-state index is 14.3. The minimum absolute atomic E-state index is 0.00100. The summed E-state index contributed by atoms with van der Waals surface area (Å²) in [5.41, 5.74) is 1.73. The minimum atomic E-state index is -4.00. The van der Waals surface area contributed by atoms with Crippen LogP contribution >= 0.6 is 11.3 Å². The topological polar surface area (TPSA) is 137 Å². The number of hydrogen-bond donors (Lipinski definition) is 2. The van der Waals surface area contributed by atoms with Crippen molar-refractivity contribution in [1.82, 2.24) is 14.6 Å². The number of aliphatic hydroxyl groups excluding tert-OH is 1. The van der Waals surface area contributed by atoms with E-state index in [1.807, 2.05) is 44.2 Å². The van der Waals surface area contributed by atoms with E-state index in [2.05, 4.69) is 19.2 Å². The molecule has 13 heteroatoms. The predicted octanol–water partition coefficient (Wildman–Crippen LogP) is 5.05. The normalized spacial score (nSPS) is 23.8. The molecule has 0 spiro atoms. The van der Waals surface area contributed by atoms with Crippen LogP contribution in [-0.4, -0.2) is 99.4 Å². The van der Waals surface area contributed by atoms with Gasteiger partial charge in [0, 0.05) is 44.7 Å². The van der Waals surface area contributed by atoms with E-state index >= 15 is 0 Å². The Labute approximate surface area is 312 Å². The van der Waals surface area contributed by atoms with Crippen molar-refractivity contribution in [3.8, 4) is 0 Å². The number of aromatic nitrogens is 1. The van der Waals surface area contributed by atoms with Gasteiger partial charge in [-0.2, -0.15) is 4.31 Å². The molecule has 1 aromatic heterocycles. The first kappa shape index (κ1) is 39.2. The Bertz CT molecular complexity index is 1710. The lowest BCUT2D eigenvalue weighted by Crippen LogP contribution is -2.44. The molecule has 3 saturated heterocycles. The van der Waals surface area contributed by atoms with Crippen LogP contribution in [-0.2, 0) is 46.6 Å². The SMILES string of the molecule is CC(C)CN[C@H]1CO[C@@H]2OC[C@H](OC(=O)C[C@@H](Cc3ccccc3)[C@H](O)CN(CC(C)C)S(=O)(=O)c3ccc4nc(CC5CCOCC5)sc4c3)[C@@H]21. The number of carbonyl (C=O) groups is 1. The maximum atomic E-state index is 14.3. The highest BCUT2D eigenvalue weighted by molar-refractivity contribution is 7.89. The lowest BCUT2D eigenvalue weighted by Gasteiger charge is -2.30. The largest absolute Gasteiger partial charge is 0.459 e. The molecule has 3 aliphatic rings. The molecule has 3 aliphatic heterocycles. The smallest absolute Gasteiger partial charge is 0.306 e. The van der Waals surface area contributed by atoms with Gasteiger partial charge < -0.3 is 29.4 Å². The summed E-state index contributed by atoms with van der Waals surface area (Å²) in [5.74, 6) is -0.194. The van der Waals surface area contributed by atoms with E-state index in [9.17, 15) is 18.3 Å². The molecule has 3 aromatic rings. The second-order valence-corrected chi connectivity index (χ2v) is 18.5. The van der Waals surface area contributed by atoms with Gasteiger partial charge in [0.05, 0.1) is 51.8 Å². The molecule has 2 aromatic carbocycles. The summed E-state index contributed by atoms with van der Waals surface area (Å²) in [5, 5.41) is 16.4. The van der Waals surface area contributed by atoms with Gasteiger partial charge in [-0.25, -0.2) is 13.4 Å². The molecule has 286 valence electrons. The number of fused-ring (bicyclic) bond motifs is 2. The number of carbonyl (C=O) groups excluding carboxylic acids is 1. The fourth-order valence-corrected chi connectivity index (χ4v) is 10.3. The van der Waals surface area contributed by atoms with Crippen molar-refractivity contribution in [2.24, 2.45) is 29.6 Å². The molecule has 3 fully saturated rings. The summed E-state index contributed by atoms with van der Waals surface area (Å²) in [6, 6.07) is 14.8. The van der Waals surface area contributed by atoms with Gasteiger partial charge in [0.1, 0.15) is 6.10 Å². The number of rotatable bonds is 17. The van der Waals surface area contributed by atoms with Gasteiger partial charge in [-0.15, -0.1) is 11.3 Å². The van der Waals surface area contributed by atoms with E-state index < -0.39 is 40.4 Å². The first-order valence-corrected chi connectivity index (χ1v) is 21.1. The third-order valence-corrected chi connectivity index (χ3v) is 13.1. The monoisotopic (exact) mass is 757 g/mol. The first-order valence-electron chi connectivity index (χ1n) is 18.8. The van der Waals surface area contributed by atoms with Gasteiger partial charge in [0.25, 0.3) is 0 Å². The van der Waals surface area contributed by atoms with Crippen molar-refractivity contribution in [2.45, 2.75) is 89.2 Å². The summed E-state index contributed by atoms with van der Waals surface area (Å²) in [4.78, 5) is 18.6. The summed E-state index contributed by atoms with van der Waals surface area (Å²) in [6.07, 6.45) is 1.14. The zero-order chi connectivity index (χ0) is 36.8. The van der Waals surface area contributed by atoms with Crippen LogP contribution in [0.3, 0.4) is 0 Å². The van der Waals surface area contributed by atoms with Crippen LogP contribution in [0.15, 0.2) is 53.4 Å². The van der Waals surface area contributed by atoms with Gasteiger partial charge >= 0.3 is 5.97 Å². The Morgan fingerprint density at radius 1 is 1.04 bits per heavy atom. The predicted molar refractivity (Wildman–Crippen MR) is 200 cm³/mol. The van der Waals surface area contributed by atoms with Crippen molar-refractivity contribution in [1.29, 1.82) is 0 Å². The second kappa shape index (κ2) is 17.8. The number of nitrogens with zero attached hydrogens (tertiary/aromatic N) is 2. The van der Waals surface area contributed by atoms with Crippen LogP contribution < -0.4 is 5.32 Å². The number of benzene rings is 2. The van der Waals surface area contributed by atoms with Gasteiger partial charge in [-0.1, -0.05) is 58.0 Å². The second-order valence-electron chi connectivity index (χ2n) is 15.5. The Hall–Kier alpha value is -2.49. The molecule has 6 rings (SSSR count). The molecule has 4 heterocycles. The zero-order valence-electron chi connectivity index (χ0n) is 30.8. The quantitative estimate of drug-likeness (QED) is 0.180. The number of aliphatic hydroxyl groups is 1. The molecule has 0 bridgehead atoms. The highest BCUT2D eigenvalue weighted by Gasteiger charge is 2.50. The highest BCUT2D eigenvalue weighted by atomic mass is 32.2. The van der Waals surface area contributed by atoms with Crippen molar-refractivity contribution in [2.75, 3.05) is 46.1 Å². The molecule has 52 heavy (non-hydrogen) atoms. The molecule has 6 atom stereocenters. The van der Waals surface area contributed by atoms with Crippen molar-refractivity contribution >= 4 is 37.5 Å². The van der Waals surface area contributed by atoms with Crippen LogP contribution in [0.1, 0.15) is 57.5 Å². The van der Waals surface area contributed by atoms with E-state index in [0.717, 1.165) is 59.8 Å². The highest BCUT2D eigenvalue weighted by Crippen LogP contribution is 2.35. The lowest BCUT2D eigenvalue weighted by atomic mass is 9.90. The van der Waals surface area contributed by atoms with Gasteiger partial charge in [0.15, 0.2) is 6.29 Å². The molecule has 0 saturated carbocycles. The Morgan fingerprint density at radius 2 is 1.79 bits per heavy atom. The number of esters is 1. The summed E-state index contributed by atoms with van der Waals surface area (Å²) < 4.78 is 54.0. The van der Waals surface area contributed by atoms with Gasteiger partial charge in [-0.05, 0) is 67.3 Å². The average molecular weight is 758 g/mol. The fourth-order valence-electron chi connectivity index (χ4n) is 7.47. The number of ether oxygens (including phenoxy) is 4. The maximum Gasteiger partial charge on any atom is 0.306 e. The van der Waals surface area contributed by atoms with Crippen molar-refractivity contribution in [3.63, 3.8) is 0 Å². The Kier molecular flexibility index (Phi) is 13.4. The number of nitrogens with one attached hydrogen (secondary N) is 1. The fraction of sp³-hybridized carbons (Fsp3) is 0.641. The van der Waals surface area contributed by atoms with Crippen molar-refractivity contribution in [3.05, 3.63) is 59.1 Å². The molecule has 11 nitrogen and oxygen atoms in total. The molecule has 0 amide bonds. The summed E-state index contributed by atoms with van der Waals surface area (Å²) in [7, 11) is -4.00. The van der Waals surface area contributed by atoms with Crippen LogP contribution in [0.4, 0.5) is 0 Å². The standard InChI is InChI=1S/C39H55N3O8S2/c1-25(2)20-40-32-23-48-39-38(32)34(24-49-39)50-37(44)18-29(16-27-8-6-5-7-9-27)33(43)22-42(21-26(3)4)52(45,46)30-10-11-31-35(19-30)51-36(41-31)17-28-12-14-47-15-13-28/h5-11,19,25-26,28-29,32-34,38-40,43H,12-18,20-24H2,1-4H3/t29-,32+,33-,34+,38+,39-/m1/s1. The molecule has 0 unspecified atom stereocenters. The van der Waals surface area contributed by atoms with Crippen molar-refractivity contribution < 1.29 is 37.3 Å². The first-order chi connectivity index (χ1) is 25.0. The number of thiazole rings is 1. The average Bonchev–Trinajstić information content (AvgIpc) is 3.83. The van der Waals surface area contributed by atoms with Gasteiger partial charge in [0.2, 0.25) is 10.0 Å². The molecular formula is C39H55N3O8S2. The third-order valence-electron chi connectivity index (χ3n) is 10.3. The Balaban J connectivity index is 1.17. The lowest BCUT2D eigenvalue weighted by molar-refractivity contribution is -0.153. The molecule has 0 radical (unpaired) electrons. The molecular weight excluding hydrogens is 703 g/mol. The van der Waals surface area contributed by atoms with E-state index in [0.29, 0.717) is 24.9 Å². The molecule has 2 N–H and O–H groups in total. The van der Waals surface area contributed by atoms with E-state index in [4.69, 9.17) is 23.9 Å². The van der Waals surface area contributed by atoms with Crippen LogP contribution in [0.25, 0.3) is 10.2 Å². The zero-order valence-corrected chi connectivity index (χ0v) is 32.4. The van der Waals surface area contributed by atoms with Gasteiger partial charge in [-0.3, -0.25) is 4.79 Å². The van der Waals surface area contributed by atoms with Crippen LogP contribution in [0.5, 0.6) is 0 Å². The van der Waals surface area contributed by atoms with Crippen LogP contribution in [0, 0.1) is 29.6 Å².